The molecule has 1 aromatic heterocycles. The zero-order valence-corrected chi connectivity index (χ0v) is 13.2. The van der Waals surface area contributed by atoms with E-state index in [1.807, 2.05) is 0 Å². The summed E-state index contributed by atoms with van der Waals surface area (Å²) in [6.45, 7) is 1.60. The first-order valence-corrected chi connectivity index (χ1v) is 8.57. The number of hydrogen-bond acceptors (Lipinski definition) is 6. The van der Waals surface area contributed by atoms with Gasteiger partial charge in [0, 0.05) is 11.4 Å². The van der Waals surface area contributed by atoms with Crippen LogP contribution in [0.1, 0.15) is 28.6 Å². The fourth-order valence-electron chi connectivity index (χ4n) is 1.47. The Hall–Kier alpha value is -1.98. The van der Waals surface area contributed by atoms with Crippen LogP contribution in [-0.4, -0.2) is 37.1 Å². The van der Waals surface area contributed by atoms with Crippen LogP contribution in [0.2, 0.25) is 0 Å². The van der Waals surface area contributed by atoms with Crippen LogP contribution in [0.3, 0.4) is 0 Å². The lowest BCUT2D eigenvalue weighted by molar-refractivity contribution is -0.134. The summed E-state index contributed by atoms with van der Waals surface area (Å²) in [6, 6.07) is 1.22. The molecule has 0 aliphatic carbocycles. The third kappa shape index (κ3) is 5.09. The van der Waals surface area contributed by atoms with Gasteiger partial charge in [-0.3, -0.25) is 9.59 Å². The van der Waals surface area contributed by atoms with Gasteiger partial charge in [-0.05, 0) is 12.5 Å². The van der Waals surface area contributed by atoms with Crippen molar-refractivity contribution >= 4 is 44.1 Å². The van der Waals surface area contributed by atoms with E-state index in [0.717, 1.165) is 11.3 Å². The highest BCUT2D eigenvalue weighted by molar-refractivity contribution is 7.89. The number of thiophene rings is 1. The Morgan fingerprint density at radius 3 is 2.50 bits per heavy atom. The van der Waals surface area contributed by atoms with Crippen molar-refractivity contribution in [1.82, 2.24) is 4.72 Å². The first-order valence-electron chi connectivity index (χ1n) is 6.10. The van der Waals surface area contributed by atoms with Gasteiger partial charge in [0.05, 0.1) is 11.3 Å². The van der Waals surface area contributed by atoms with Crippen molar-refractivity contribution in [2.45, 2.75) is 19.9 Å². The molecule has 1 heterocycles. The van der Waals surface area contributed by atoms with Gasteiger partial charge >= 0.3 is 17.8 Å². The monoisotopic (exact) mass is 349 g/mol. The first kappa shape index (κ1) is 18.1. The van der Waals surface area contributed by atoms with E-state index >= 15 is 0 Å². The predicted octanol–water partition coefficient (Wildman–Crippen LogP) is -0.300. The Labute approximate surface area is 130 Å². The van der Waals surface area contributed by atoms with E-state index in [2.05, 4.69) is 10.0 Å². The Kier molecular flexibility index (Phi) is 6.02. The van der Waals surface area contributed by atoms with Crippen LogP contribution in [0, 0.1) is 0 Å². The molecule has 0 spiro atoms. The minimum absolute atomic E-state index is 0.0462. The van der Waals surface area contributed by atoms with Crippen LogP contribution in [0.15, 0.2) is 6.07 Å². The van der Waals surface area contributed by atoms with E-state index in [4.69, 9.17) is 10.8 Å². The molecule has 9 nitrogen and oxygen atoms in total. The van der Waals surface area contributed by atoms with Crippen molar-refractivity contribution < 1.29 is 27.9 Å². The van der Waals surface area contributed by atoms with Crippen LogP contribution in [0.4, 0.5) is 5.00 Å². The lowest BCUT2D eigenvalue weighted by Gasteiger charge is -2.03. The summed E-state index contributed by atoms with van der Waals surface area (Å²) in [5, 5.41) is 11.0. The highest BCUT2D eigenvalue weighted by atomic mass is 32.2. The summed E-state index contributed by atoms with van der Waals surface area (Å²) in [4.78, 5) is 33.4. The molecule has 1 aromatic rings. The molecule has 11 heteroatoms. The van der Waals surface area contributed by atoms with Crippen molar-refractivity contribution in [2.24, 2.45) is 5.73 Å². The number of rotatable bonds is 7. The largest absolute Gasteiger partial charge is 0.478 e. The van der Waals surface area contributed by atoms with Crippen LogP contribution >= 0.6 is 11.3 Å². The summed E-state index contributed by atoms with van der Waals surface area (Å²) in [5.41, 5.74) is 4.53. The molecule has 0 bridgehead atoms. The van der Waals surface area contributed by atoms with Gasteiger partial charge in [-0.15, -0.1) is 11.3 Å². The van der Waals surface area contributed by atoms with Crippen molar-refractivity contribution in [2.75, 3.05) is 11.1 Å². The van der Waals surface area contributed by atoms with E-state index in [9.17, 15) is 22.8 Å². The summed E-state index contributed by atoms with van der Waals surface area (Å²) in [6.07, 6.45) is 0.445. The number of nitrogens with two attached hydrogens (primary N) is 1. The normalized spacial score (nSPS) is 11.1. The van der Waals surface area contributed by atoms with E-state index in [1.54, 1.807) is 6.92 Å². The summed E-state index contributed by atoms with van der Waals surface area (Å²) >= 11 is 0.845. The fraction of sp³-hybridized carbons (Fsp3) is 0.364. The number of carbonyl (C=O) groups is 3. The van der Waals surface area contributed by atoms with Gasteiger partial charge in [0.15, 0.2) is 0 Å². The number of nitrogens with one attached hydrogen (secondary N) is 2. The Morgan fingerprint density at radius 2 is 2.00 bits per heavy atom. The molecule has 0 saturated heterocycles. The summed E-state index contributed by atoms with van der Waals surface area (Å²) in [5.74, 6) is -3.77. The van der Waals surface area contributed by atoms with Crippen LogP contribution in [0.5, 0.6) is 0 Å². The molecule has 0 aliphatic rings. The van der Waals surface area contributed by atoms with Crippen molar-refractivity contribution in [3.63, 3.8) is 0 Å². The number of carboxylic acid groups (broad SMARTS) is 1. The predicted molar refractivity (Wildman–Crippen MR) is 80.0 cm³/mol. The molecule has 0 unspecified atom stereocenters. The number of carbonyl (C=O) groups excluding carboxylic acids is 2. The maximum absolute atomic E-state index is 11.5. The van der Waals surface area contributed by atoms with E-state index < -0.39 is 27.8 Å². The number of carboxylic acids is 1. The number of amides is 2. The number of anilines is 1. The molecule has 22 heavy (non-hydrogen) atoms. The second-order valence-corrected chi connectivity index (χ2v) is 7.28. The average molecular weight is 349 g/mol. The standard InChI is InChI=1S/C11H15N3O6S2/c1-2-3-22(19,20)13-5-6-4-7(11(17)18)10(21-6)14-9(16)8(12)15/h4,13H,2-3,5H2,1H3,(H2,12,15)(H,14,16)(H,17,18). The van der Waals surface area contributed by atoms with Crippen molar-refractivity contribution in [3.05, 3.63) is 16.5 Å². The second-order valence-electron chi connectivity index (χ2n) is 4.22. The molecule has 0 aromatic carbocycles. The molecule has 0 aliphatic heterocycles. The highest BCUT2D eigenvalue weighted by Crippen LogP contribution is 2.28. The van der Waals surface area contributed by atoms with Gasteiger partial charge in [-0.25, -0.2) is 17.9 Å². The van der Waals surface area contributed by atoms with E-state index in [1.165, 1.54) is 6.07 Å². The SMILES string of the molecule is CCCS(=O)(=O)NCc1cc(C(=O)O)c(NC(=O)C(N)=O)s1. The number of hydrogen-bond donors (Lipinski definition) is 4. The quantitative estimate of drug-likeness (QED) is 0.495. The number of primary amides is 1. The molecule has 122 valence electrons. The van der Waals surface area contributed by atoms with Crippen molar-refractivity contribution in [1.29, 1.82) is 0 Å². The zero-order chi connectivity index (χ0) is 16.9. The van der Waals surface area contributed by atoms with Gasteiger partial charge in [0.2, 0.25) is 10.0 Å². The maximum Gasteiger partial charge on any atom is 0.338 e. The average Bonchev–Trinajstić information content (AvgIpc) is 2.79. The molecule has 2 amide bonds. The first-order chi connectivity index (χ1) is 10.2. The number of sulfonamides is 1. The zero-order valence-electron chi connectivity index (χ0n) is 11.6. The third-order valence-corrected chi connectivity index (χ3v) is 4.98. The lowest BCUT2D eigenvalue weighted by atomic mass is 10.3. The second kappa shape index (κ2) is 7.33. The molecule has 0 saturated carbocycles. The van der Waals surface area contributed by atoms with Crippen LogP contribution in [0.25, 0.3) is 0 Å². The maximum atomic E-state index is 11.5. The Morgan fingerprint density at radius 1 is 1.36 bits per heavy atom. The van der Waals surface area contributed by atoms with Gasteiger partial charge in [0.1, 0.15) is 5.00 Å². The van der Waals surface area contributed by atoms with Gasteiger partial charge in [-0.1, -0.05) is 6.92 Å². The van der Waals surface area contributed by atoms with Crippen LogP contribution in [-0.2, 0) is 26.2 Å². The summed E-state index contributed by atoms with van der Waals surface area (Å²) in [7, 11) is -3.44. The van der Waals surface area contributed by atoms with E-state index in [-0.39, 0.29) is 22.9 Å². The molecular formula is C11H15N3O6S2. The smallest absolute Gasteiger partial charge is 0.338 e. The van der Waals surface area contributed by atoms with Crippen molar-refractivity contribution in [3.8, 4) is 0 Å². The third-order valence-electron chi connectivity index (χ3n) is 2.40. The van der Waals surface area contributed by atoms with E-state index in [0.29, 0.717) is 11.3 Å². The number of aromatic carboxylic acids is 1. The van der Waals surface area contributed by atoms with Gasteiger partial charge in [-0.2, -0.15) is 0 Å². The molecule has 0 fully saturated rings. The van der Waals surface area contributed by atoms with Gasteiger partial charge in [0.25, 0.3) is 0 Å². The molecule has 5 N–H and O–H groups in total. The topological polar surface area (TPSA) is 156 Å². The summed E-state index contributed by atoms with van der Waals surface area (Å²) < 4.78 is 25.4. The molecule has 0 radical (unpaired) electrons. The highest BCUT2D eigenvalue weighted by Gasteiger charge is 2.20. The van der Waals surface area contributed by atoms with Gasteiger partial charge < -0.3 is 16.2 Å². The Balaban J connectivity index is 2.92. The minimum atomic E-state index is -3.44. The molecular weight excluding hydrogens is 334 g/mol. The molecule has 0 atom stereocenters. The fourth-order valence-corrected chi connectivity index (χ4v) is 3.60. The lowest BCUT2D eigenvalue weighted by Crippen LogP contribution is -2.29. The van der Waals surface area contributed by atoms with Crippen LogP contribution < -0.4 is 15.8 Å². The molecule has 1 rings (SSSR count). The minimum Gasteiger partial charge on any atom is -0.478 e. The Bertz CT molecular complexity index is 695.